The Labute approximate surface area is 129 Å². The number of benzene rings is 1. The van der Waals surface area contributed by atoms with Crippen LogP contribution < -0.4 is 5.32 Å². The second-order valence-corrected chi connectivity index (χ2v) is 5.47. The molecule has 2 rings (SSSR count). The lowest BCUT2D eigenvalue weighted by Gasteiger charge is -2.11. The van der Waals surface area contributed by atoms with Gasteiger partial charge in [-0.1, -0.05) is 19.1 Å². The third-order valence-corrected chi connectivity index (χ3v) is 3.53. The Hall–Kier alpha value is -2.30. The first-order valence-electron chi connectivity index (χ1n) is 7.41. The van der Waals surface area contributed by atoms with Gasteiger partial charge in [0.1, 0.15) is 5.58 Å². The van der Waals surface area contributed by atoms with Crippen molar-refractivity contribution in [3.8, 4) is 0 Å². The predicted octanol–water partition coefficient (Wildman–Crippen LogP) is 2.74. The van der Waals surface area contributed by atoms with Crippen LogP contribution in [0.15, 0.2) is 28.9 Å². The Bertz CT molecular complexity index is 674. The zero-order valence-corrected chi connectivity index (χ0v) is 13.1. The van der Waals surface area contributed by atoms with E-state index in [2.05, 4.69) is 5.32 Å². The highest BCUT2D eigenvalue weighted by atomic mass is 16.5. The number of carbonyl (C=O) groups excluding carboxylic acids is 2. The van der Waals surface area contributed by atoms with Crippen LogP contribution in [-0.2, 0) is 20.7 Å². The molecule has 2 aromatic rings. The largest absolute Gasteiger partial charge is 0.464 e. The van der Waals surface area contributed by atoms with Gasteiger partial charge < -0.3 is 14.5 Å². The van der Waals surface area contributed by atoms with E-state index in [0.717, 1.165) is 28.5 Å². The van der Waals surface area contributed by atoms with Crippen LogP contribution in [0.5, 0.6) is 0 Å². The van der Waals surface area contributed by atoms with Gasteiger partial charge >= 0.3 is 5.97 Å². The fourth-order valence-corrected chi connectivity index (χ4v) is 2.10. The second-order valence-electron chi connectivity index (χ2n) is 5.47. The molecular weight excluding hydrogens is 282 g/mol. The number of aryl methyl sites for hydroxylation is 1. The van der Waals surface area contributed by atoms with Gasteiger partial charge in [0.25, 0.3) is 5.91 Å². The van der Waals surface area contributed by atoms with Crippen molar-refractivity contribution in [3.63, 3.8) is 0 Å². The molecule has 5 nitrogen and oxygen atoms in total. The first kappa shape index (κ1) is 16.1. The Kier molecular flexibility index (Phi) is 5.20. The Morgan fingerprint density at radius 1 is 1.36 bits per heavy atom. The third kappa shape index (κ3) is 4.10. The number of rotatable bonds is 6. The van der Waals surface area contributed by atoms with Crippen molar-refractivity contribution < 1.29 is 18.7 Å². The van der Waals surface area contributed by atoms with Crippen LogP contribution in [-0.4, -0.2) is 24.5 Å². The predicted molar refractivity (Wildman–Crippen MR) is 83.5 cm³/mol. The molecule has 1 amide bonds. The molecule has 1 heterocycles. The van der Waals surface area contributed by atoms with Crippen molar-refractivity contribution in [3.05, 3.63) is 35.6 Å². The summed E-state index contributed by atoms with van der Waals surface area (Å²) in [5.41, 5.74) is 2.61. The number of hydrogen-bond donors (Lipinski definition) is 1. The molecule has 0 fully saturated rings. The molecule has 0 spiro atoms. The van der Waals surface area contributed by atoms with Gasteiger partial charge in [-0.15, -0.1) is 0 Å². The monoisotopic (exact) mass is 303 g/mol. The standard InChI is InChI=1S/C17H21NO4/c1-4-12(3)18-16(19)10-22-17(20)8-13-9-21-15-7-11(2)5-6-14(13)15/h5-7,9,12H,4,8,10H2,1-3H3,(H,18,19)/t12-/m1/s1. The second kappa shape index (κ2) is 7.11. The number of hydrogen-bond acceptors (Lipinski definition) is 4. The van der Waals surface area contributed by atoms with Crippen LogP contribution in [0.3, 0.4) is 0 Å². The average molecular weight is 303 g/mol. The molecule has 0 unspecified atom stereocenters. The maximum absolute atomic E-state index is 11.8. The summed E-state index contributed by atoms with van der Waals surface area (Å²) in [7, 11) is 0. The van der Waals surface area contributed by atoms with Crippen molar-refractivity contribution in [2.75, 3.05) is 6.61 Å². The normalized spacial score (nSPS) is 12.1. The van der Waals surface area contributed by atoms with Crippen molar-refractivity contribution in [2.24, 2.45) is 0 Å². The summed E-state index contributed by atoms with van der Waals surface area (Å²) in [4.78, 5) is 23.4. The summed E-state index contributed by atoms with van der Waals surface area (Å²) in [5, 5.41) is 3.64. The van der Waals surface area contributed by atoms with E-state index in [1.165, 1.54) is 0 Å². The molecule has 118 valence electrons. The van der Waals surface area contributed by atoms with Crippen molar-refractivity contribution in [1.29, 1.82) is 0 Å². The van der Waals surface area contributed by atoms with Gasteiger partial charge in [-0.05, 0) is 31.9 Å². The number of carbonyl (C=O) groups is 2. The van der Waals surface area contributed by atoms with Crippen LogP contribution in [0.25, 0.3) is 11.0 Å². The molecule has 0 saturated carbocycles. The summed E-state index contributed by atoms with van der Waals surface area (Å²) < 4.78 is 10.4. The van der Waals surface area contributed by atoms with Crippen LogP contribution in [0.4, 0.5) is 0 Å². The lowest BCUT2D eigenvalue weighted by molar-refractivity contribution is -0.148. The fourth-order valence-electron chi connectivity index (χ4n) is 2.10. The van der Waals surface area contributed by atoms with Crippen LogP contribution >= 0.6 is 0 Å². The zero-order valence-electron chi connectivity index (χ0n) is 13.1. The van der Waals surface area contributed by atoms with E-state index in [1.807, 2.05) is 39.0 Å². The van der Waals surface area contributed by atoms with Gasteiger partial charge in [-0.2, -0.15) is 0 Å². The Balaban J connectivity index is 1.90. The molecule has 0 saturated heterocycles. The molecule has 1 N–H and O–H groups in total. The molecular formula is C17H21NO4. The quantitative estimate of drug-likeness (QED) is 0.833. The molecule has 1 atom stereocenters. The lowest BCUT2D eigenvalue weighted by Crippen LogP contribution is -2.35. The maximum atomic E-state index is 11.8. The summed E-state index contributed by atoms with van der Waals surface area (Å²) in [6.07, 6.45) is 2.48. The number of ether oxygens (including phenoxy) is 1. The van der Waals surface area contributed by atoms with Gasteiger partial charge in [0, 0.05) is 17.0 Å². The minimum atomic E-state index is -0.442. The molecule has 0 radical (unpaired) electrons. The summed E-state index contributed by atoms with van der Waals surface area (Å²) in [5.74, 6) is -0.724. The topological polar surface area (TPSA) is 68.5 Å². The molecule has 1 aromatic carbocycles. The molecule has 0 bridgehead atoms. The minimum absolute atomic E-state index is 0.0762. The van der Waals surface area contributed by atoms with E-state index in [4.69, 9.17) is 9.15 Å². The molecule has 0 aliphatic carbocycles. The summed E-state index contributed by atoms with van der Waals surface area (Å²) in [6, 6.07) is 5.88. The van der Waals surface area contributed by atoms with Crippen molar-refractivity contribution >= 4 is 22.8 Å². The van der Waals surface area contributed by atoms with E-state index in [0.29, 0.717) is 0 Å². The molecule has 22 heavy (non-hydrogen) atoms. The number of fused-ring (bicyclic) bond motifs is 1. The number of nitrogens with one attached hydrogen (secondary N) is 1. The fraction of sp³-hybridized carbons (Fsp3) is 0.412. The third-order valence-electron chi connectivity index (χ3n) is 3.53. The van der Waals surface area contributed by atoms with Gasteiger partial charge in [-0.25, -0.2) is 0 Å². The van der Waals surface area contributed by atoms with E-state index in [9.17, 15) is 9.59 Å². The highest BCUT2D eigenvalue weighted by molar-refractivity contribution is 5.87. The smallest absolute Gasteiger partial charge is 0.310 e. The van der Waals surface area contributed by atoms with Crippen molar-refractivity contribution in [2.45, 2.75) is 39.7 Å². The van der Waals surface area contributed by atoms with Crippen LogP contribution in [0.1, 0.15) is 31.4 Å². The van der Waals surface area contributed by atoms with E-state index in [1.54, 1.807) is 6.26 Å². The van der Waals surface area contributed by atoms with Crippen LogP contribution in [0.2, 0.25) is 0 Å². The number of esters is 1. The number of amides is 1. The van der Waals surface area contributed by atoms with Crippen LogP contribution in [0, 0.1) is 6.92 Å². The molecule has 0 aliphatic heterocycles. The maximum Gasteiger partial charge on any atom is 0.310 e. The minimum Gasteiger partial charge on any atom is -0.464 e. The first-order valence-corrected chi connectivity index (χ1v) is 7.41. The Morgan fingerprint density at radius 3 is 2.86 bits per heavy atom. The van der Waals surface area contributed by atoms with E-state index >= 15 is 0 Å². The Morgan fingerprint density at radius 2 is 2.14 bits per heavy atom. The van der Waals surface area contributed by atoms with E-state index in [-0.39, 0.29) is 25.0 Å². The highest BCUT2D eigenvalue weighted by Crippen LogP contribution is 2.22. The summed E-state index contributed by atoms with van der Waals surface area (Å²) in [6.45, 7) is 5.60. The van der Waals surface area contributed by atoms with Gasteiger partial charge in [-0.3, -0.25) is 9.59 Å². The first-order chi connectivity index (χ1) is 10.5. The van der Waals surface area contributed by atoms with Gasteiger partial charge in [0.2, 0.25) is 0 Å². The highest BCUT2D eigenvalue weighted by Gasteiger charge is 2.13. The SMILES string of the molecule is CC[C@@H](C)NC(=O)COC(=O)Cc1coc2cc(C)ccc12. The molecule has 5 heteroatoms. The van der Waals surface area contributed by atoms with E-state index < -0.39 is 5.97 Å². The lowest BCUT2D eigenvalue weighted by atomic mass is 10.1. The van der Waals surface area contributed by atoms with Gasteiger partial charge in [0.15, 0.2) is 6.61 Å². The average Bonchev–Trinajstić information content (AvgIpc) is 2.87. The molecule has 1 aromatic heterocycles. The molecule has 0 aliphatic rings. The van der Waals surface area contributed by atoms with Crippen molar-refractivity contribution in [1.82, 2.24) is 5.32 Å². The zero-order chi connectivity index (χ0) is 16.1. The number of furan rings is 1. The van der Waals surface area contributed by atoms with Gasteiger partial charge in [0.05, 0.1) is 12.7 Å². The summed E-state index contributed by atoms with van der Waals surface area (Å²) >= 11 is 0.